The van der Waals surface area contributed by atoms with Crippen LogP contribution in [0, 0.1) is 0 Å². The van der Waals surface area contributed by atoms with Crippen molar-refractivity contribution >= 4 is 16.9 Å². The number of allylic oxidation sites excluding steroid dienone is 1. The molecule has 6 nitrogen and oxygen atoms in total. The predicted octanol–water partition coefficient (Wildman–Crippen LogP) is 4.09. The van der Waals surface area contributed by atoms with Crippen LogP contribution in [0.15, 0.2) is 77.7 Å². The second kappa shape index (κ2) is 9.39. The van der Waals surface area contributed by atoms with Gasteiger partial charge in [0.1, 0.15) is 5.60 Å². The van der Waals surface area contributed by atoms with Gasteiger partial charge >= 0.3 is 6.09 Å². The monoisotopic (exact) mass is 405 g/mol. The Morgan fingerprint density at radius 3 is 2.57 bits per heavy atom. The van der Waals surface area contributed by atoms with Crippen molar-refractivity contribution in [1.82, 2.24) is 15.1 Å². The number of fused-ring (bicyclic) bond motifs is 1. The molecule has 2 aromatic carbocycles. The SMILES string of the molecule is CC(C)(C)OC(=O)N[C@H](/C=C/Cn1ncc2ccccc2c1=O)Cc1ccccc1. The standard InChI is InChI=1S/C24H27N3O3/c1-24(2,3)30-23(29)26-20(16-18-10-5-4-6-11-18)13-9-15-27-22(28)21-14-8-7-12-19(21)17-25-27/h4-14,17,20H,15-16H2,1-3H3,(H,26,29)/b13-9+/t20-/m1/s1. The Hall–Kier alpha value is -3.41. The Morgan fingerprint density at radius 1 is 1.13 bits per heavy atom. The topological polar surface area (TPSA) is 73.2 Å². The maximum Gasteiger partial charge on any atom is 0.408 e. The van der Waals surface area contributed by atoms with Crippen molar-refractivity contribution in [3.05, 3.63) is 88.9 Å². The Morgan fingerprint density at radius 2 is 1.83 bits per heavy atom. The van der Waals surface area contributed by atoms with Crippen molar-refractivity contribution in [1.29, 1.82) is 0 Å². The molecule has 0 saturated carbocycles. The van der Waals surface area contributed by atoms with Gasteiger partial charge in [0.15, 0.2) is 0 Å². The maximum absolute atomic E-state index is 12.6. The molecular weight excluding hydrogens is 378 g/mol. The van der Waals surface area contributed by atoms with Crippen LogP contribution in [0.4, 0.5) is 4.79 Å². The summed E-state index contributed by atoms with van der Waals surface area (Å²) in [6.07, 6.45) is 5.53. The predicted molar refractivity (Wildman–Crippen MR) is 118 cm³/mol. The highest BCUT2D eigenvalue weighted by Crippen LogP contribution is 2.10. The van der Waals surface area contributed by atoms with Gasteiger partial charge in [-0.05, 0) is 38.8 Å². The Balaban J connectivity index is 1.74. The van der Waals surface area contributed by atoms with E-state index in [-0.39, 0.29) is 11.6 Å². The van der Waals surface area contributed by atoms with Crippen molar-refractivity contribution in [2.24, 2.45) is 0 Å². The summed E-state index contributed by atoms with van der Waals surface area (Å²) in [6.45, 7) is 5.79. The lowest BCUT2D eigenvalue weighted by Gasteiger charge is -2.22. The summed E-state index contributed by atoms with van der Waals surface area (Å²) < 4.78 is 6.79. The Labute approximate surface area is 176 Å². The molecule has 0 unspecified atom stereocenters. The summed E-state index contributed by atoms with van der Waals surface area (Å²) in [7, 11) is 0. The number of alkyl carbamates (subject to hydrolysis) is 1. The smallest absolute Gasteiger partial charge is 0.408 e. The number of hydrogen-bond acceptors (Lipinski definition) is 4. The van der Waals surface area contributed by atoms with Gasteiger partial charge in [0.25, 0.3) is 5.56 Å². The van der Waals surface area contributed by atoms with E-state index in [1.807, 2.05) is 81.5 Å². The summed E-state index contributed by atoms with van der Waals surface area (Å²) >= 11 is 0. The van der Waals surface area contributed by atoms with Gasteiger partial charge in [0, 0.05) is 5.39 Å². The van der Waals surface area contributed by atoms with Crippen LogP contribution in [0.5, 0.6) is 0 Å². The number of carbonyl (C=O) groups excluding carboxylic acids is 1. The number of aromatic nitrogens is 2. The van der Waals surface area contributed by atoms with Gasteiger partial charge in [-0.2, -0.15) is 5.10 Å². The third kappa shape index (κ3) is 6.04. The van der Waals surface area contributed by atoms with Crippen LogP contribution in [0.25, 0.3) is 10.8 Å². The number of carbonyl (C=O) groups is 1. The lowest BCUT2D eigenvalue weighted by molar-refractivity contribution is 0.0514. The minimum atomic E-state index is -0.576. The molecule has 1 aromatic heterocycles. The van der Waals surface area contributed by atoms with E-state index in [0.29, 0.717) is 18.4 Å². The molecule has 0 aliphatic rings. The molecule has 0 aliphatic heterocycles. The third-order valence-corrected chi connectivity index (χ3v) is 4.41. The second-order valence-corrected chi connectivity index (χ2v) is 8.09. The van der Waals surface area contributed by atoms with E-state index in [1.165, 1.54) is 4.68 Å². The van der Waals surface area contributed by atoms with Gasteiger partial charge in [0.05, 0.1) is 24.2 Å². The first kappa shape index (κ1) is 21.3. The van der Waals surface area contributed by atoms with E-state index in [0.717, 1.165) is 10.9 Å². The maximum atomic E-state index is 12.6. The first-order chi connectivity index (χ1) is 14.3. The second-order valence-electron chi connectivity index (χ2n) is 8.09. The van der Waals surface area contributed by atoms with Crippen molar-refractivity contribution in [2.75, 3.05) is 0 Å². The number of nitrogens with one attached hydrogen (secondary N) is 1. The fraction of sp³-hybridized carbons (Fsp3) is 0.292. The van der Waals surface area contributed by atoms with Crippen molar-refractivity contribution in [3.8, 4) is 0 Å². The number of nitrogens with zero attached hydrogens (tertiary/aromatic N) is 2. The molecule has 3 rings (SSSR count). The van der Waals surface area contributed by atoms with E-state index >= 15 is 0 Å². The zero-order valence-corrected chi connectivity index (χ0v) is 17.5. The van der Waals surface area contributed by atoms with Crippen LogP contribution in [0.1, 0.15) is 26.3 Å². The van der Waals surface area contributed by atoms with E-state index in [9.17, 15) is 9.59 Å². The lowest BCUT2D eigenvalue weighted by Crippen LogP contribution is -2.39. The van der Waals surface area contributed by atoms with Crippen molar-refractivity contribution in [3.63, 3.8) is 0 Å². The van der Waals surface area contributed by atoms with Gasteiger partial charge in [-0.15, -0.1) is 0 Å². The lowest BCUT2D eigenvalue weighted by atomic mass is 10.1. The molecule has 0 bridgehead atoms. The molecule has 0 fully saturated rings. The summed E-state index contributed by atoms with van der Waals surface area (Å²) in [5, 5.41) is 8.58. The van der Waals surface area contributed by atoms with Gasteiger partial charge in [-0.25, -0.2) is 9.48 Å². The van der Waals surface area contributed by atoms with Crippen molar-refractivity contribution < 1.29 is 9.53 Å². The number of benzene rings is 2. The highest BCUT2D eigenvalue weighted by Gasteiger charge is 2.18. The average molecular weight is 405 g/mol. The summed E-state index contributed by atoms with van der Waals surface area (Å²) in [5.41, 5.74) is 0.370. The molecule has 0 radical (unpaired) electrons. The summed E-state index contributed by atoms with van der Waals surface area (Å²) in [4.78, 5) is 24.9. The molecule has 0 spiro atoms. The van der Waals surface area contributed by atoms with E-state index in [4.69, 9.17) is 4.74 Å². The van der Waals surface area contributed by atoms with Crippen LogP contribution in [-0.4, -0.2) is 27.5 Å². The molecule has 6 heteroatoms. The summed E-state index contributed by atoms with van der Waals surface area (Å²) in [5.74, 6) is 0. The molecule has 30 heavy (non-hydrogen) atoms. The molecular formula is C24H27N3O3. The number of hydrogen-bond donors (Lipinski definition) is 1. The zero-order valence-electron chi connectivity index (χ0n) is 17.5. The molecule has 1 amide bonds. The van der Waals surface area contributed by atoms with Gasteiger partial charge in [-0.1, -0.05) is 60.7 Å². The fourth-order valence-electron chi connectivity index (χ4n) is 3.08. The van der Waals surface area contributed by atoms with Crippen LogP contribution in [-0.2, 0) is 17.7 Å². The molecule has 156 valence electrons. The quantitative estimate of drug-likeness (QED) is 0.627. The Bertz CT molecular complexity index is 1080. The van der Waals surface area contributed by atoms with Crippen LogP contribution >= 0.6 is 0 Å². The first-order valence-electron chi connectivity index (χ1n) is 9.97. The third-order valence-electron chi connectivity index (χ3n) is 4.41. The average Bonchev–Trinajstić information content (AvgIpc) is 2.69. The zero-order chi connectivity index (χ0) is 21.6. The molecule has 0 aliphatic carbocycles. The first-order valence-corrected chi connectivity index (χ1v) is 9.97. The van der Waals surface area contributed by atoms with Crippen LogP contribution in [0.2, 0.25) is 0 Å². The summed E-state index contributed by atoms with van der Waals surface area (Å²) in [6, 6.07) is 17.0. The largest absolute Gasteiger partial charge is 0.444 e. The number of rotatable bonds is 6. The minimum absolute atomic E-state index is 0.141. The number of amides is 1. The van der Waals surface area contributed by atoms with E-state index in [2.05, 4.69) is 10.4 Å². The minimum Gasteiger partial charge on any atom is -0.444 e. The molecule has 1 heterocycles. The van der Waals surface area contributed by atoms with Crippen LogP contribution in [0.3, 0.4) is 0 Å². The highest BCUT2D eigenvalue weighted by atomic mass is 16.6. The van der Waals surface area contributed by atoms with Gasteiger partial charge in [0.2, 0.25) is 0 Å². The van der Waals surface area contributed by atoms with Gasteiger partial charge < -0.3 is 10.1 Å². The normalized spacial score (nSPS) is 12.8. The fourth-order valence-corrected chi connectivity index (χ4v) is 3.08. The molecule has 0 saturated heterocycles. The Kier molecular flexibility index (Phi) is 6.67. The molecule has 1 N–H and O–H groups in total. The van der Waals surface area contributed by atoms with Crippen LogP contribution < -0.4 is 10.9 Å². The van der Waals surface area contributed by atoms with E-state index in [1.54, 1.807) is 12.3 Å². The molecule has 1 atom stereocenters. The number of ether oxygens (including phenoxy) is 1. The van der Waals surface area contributed by atoms with Gasteiger partial charge in [-0.3, -0.25) is 4.79 Å². The molecule has 3 aromatic rings. The van der Waals surface area contributed by atoms with E-state index < -0.39 is 11.7 Å². The highest BCUT2D eigenvalue weighted by molar-refractivity contribution is 5.80. The van der Waals surface area contributed by atoms with Crippen molar-refractivity contribution in [2.45, 2.75) is 45.4 Å².